The van der Waals surface area contributed by atoms with Gasteiger partial charge in [-0.2, -0.15) is 0 Å². The van der Waals surface area contributed by atoms with Crippen LogP contribution in [0.25, 0.3) is 0 Å². The smallest absolute Gasteiger partial charge is 0.0514 e. The van der Waals surface area contributed by atoms with Crippen molar-refractivity contribution < 1.29 is 5.11 Å². The van der Waals surface area contributed by atoms with Gasteiger partial charge in [0, 0.05) is 0 Å². The monoisotopic (exact) mass is 170 g/mol. The van der Waals surface area contributed by atoms with Crippen LogP contribution in [-0.2, 0) is 0 Å². The quantitative estimate of drug-likeness (QED) is 0.607. The van der Waals surface area contributed by atoms with Gasteiger partial charge in [-0.15, -0.1) is 0 Å². The van der Waals surface area contributed by atoms with Crippen molar-refractivity contribution in [1.82, 2.24) is 0 Å². The number of allylic oxidation sites excluding steroid dienone is 2. The molecular formula is C11H22O. The van der Waals surface area contributed by atoms with Crippen molar-refractivity contribution in [1.29, 1.82) is 0 Å². The predicted molar refractivity (Wildman–Crippen MR) is 54.1 cm³/mol. The van der Waals surface area contributed by atoms with Crippen molar-refractivity contribution in [2.75, 3.05) is 0 Å². The maximum absolute atomic E-state index is 9.11. The fourth-order valence-corrected chi connectivity index (χ4v) is 1.37. The average molecular weight is 170 g/mol. The second-order valence-corrected chi connectivity index (χ2v) is 3.65. The number of hydrogen-bond donors (Lipinski definition) is 1. The molecule has 1 N–H and O–H groups in total. The first-order valence-corrected chi connectivity index (χ1v) is 4.99. The summed E-state index contributed by atoms with van der Waals surface area (Å²) in [4.78, 5) is 0. The van der Waals surface area contributed by atoms with Crippen molar-refractivity contribution in [3.05, 3.63) is 12.2 Å². The van der Waals surface area contributed by atoms with Gasteiger partial charge in [0.05, 0.1) is 6.10 Å². The molecule has 0 aliphatic heterocycles. The van der Waals surface area contributed by atoms with E-state index in [0.717, 1.165) is 19.3 Å². The van der Waals surface area contributed by atoms with Crippen molar-refractivity contribution >= 4 is 0 Å². The van der Waals surface area contributed by atoms with Crippen LogP contribution in [0.4, 0.5) is 0 Å². The first kappa shape index (κ1) is 11.7. The molecule has 0 rings (SSSR count). The molecule has 72 valence electrons. The van der Waals surface area contributed by atoms with E-state index in [1.54, 1.807) is 0 Å². The Morgan fingerprint density at radius 1 is 1.25 bits per heavy atom. The Hall–Kier alpha value is -0.300. The summed E-state index contributed by atoms with van der Waals surface area (Å²) >= 11 is 0. The van der Waals surface area contributed by atoms with E-state index in [1.165, 1.54) is 6.42 Å². The SMILES string of the molecule is CC/C=C/CCC(C)CC(C)O. The van der Waals surface area contributed by atoms with Crippen LogP contribution in [0.1, 0.15) is 46.5 Å². The molecule has 0 radical (unpaired) electrons. The van der Waals surface area contributed by atoms with Crippen molar-refractivity contribution in [2.24, 2.45) is 5.92 Å². The van der Waals surface area contributed by atoms with E-state index >= 15 is 0 Å². The Balaban J connectivity index is 3.31. The van der Waals surface area contributed by atoms with Gasteiger partial charge in [-0.25, -0.2) is 0 Å². The van der Waals surface area contributed by atoms with E-state index in [4.69, 9.17) is 5.11 Å². The van der Waals surface area contributed by atoms with Crippen LogP contribution in [0.5, 0.6) is 0 Å². The highest BCUT2D eigenvalue weighted by molar-refractivity contribution is 4.80. The minimum absolute atomic E-state index is 0.143. The van der Waals surface area contributed by atoms with Crippen LogP contribution in [0.3, 0.4) is 0 Å². The molecule has 0 bridgehead atoms. The topological polar surface area (TPSA) is 20.2 Å². The van der Waals surface area contributed by atoms with Gasteiger partial charge in [0.15, 0.2) is 0 Å². The predicted octanol–water partition coefficient (Wildman–Crippen LogP) is 3.14. The second-order valence-electron chi connectivity index (χ2n) is 3.65. The number of aliphatic hydroxyl groups is 1. The van der Waals surface area contributed by atoms with Gasteiger partial charge in [-0.3, -0.25) is 0 Å². The van der Waals surface area contributed by atoms with Crippen LogP contribution < -0.4 is 0 Å². The number of rotatable bonds is 6. The Labute approximate surface area is 76.5 Å². The van der Waals surface area contributed by atoms with E-state index in [0.29, 0.717) is 5.92 Å². The van der Waals surface area contributed by atoms with Crippen LogP contribution >= 0.6 is 0 Å². The average Bonchev–Trinajstić information content (AvgIpc) is 1.97. The molecule has 0 aromatic heterocycles. The Bertz CT molecular complexity index is 116. The van der Waals surface area contributed by atoms with Crippen LogP contribution in [0.2, 0.25) is 0 Å². The van der Waals surface area contributed by atoms with Gasteiger partial charge in [0.2, 0.25) is 0 Å². The van der Waals surface area contributed by atoms with Crippen LogP contribution in [0, 0.1) is 5.92 Å². The molecule has 0 heterocycles. The molecule has 0 aromatic rings. The molecule has 0 saturated heterocycles. The highest BCUT2D eigenvalue weighted by Crippen LogP contribution is 2.12. The van der Waals surface area contributed by atoms with Crippen LogP contribution in [0.15, 0.2) is 12.2 Å². The van der Waals surface area contributed by atoms with E-state index in [1.807, 2.05) is 6.92 Å². The lowest BCUT2D eigenvalue weighted by molar-refractivity contribution is 0.162. The maximum Gasteiger partial charge on any atom is 0.0514 e. The number of hydrogen-bond acceptors (Lipinski definition) is 1. The lowest BCUT2D eigenvalue weighted by atomic mass is 9.99. The first-order valence-electron chi connectivity index (χ1n) is 4.99. The lowest BCUT2D eigenvalue weighted by Gasteiger charge is -2.11. The zero-order valence-electron chi connectivity index (χ0n) is 8.59. The zero-order chi connectivity index (χ0) is 9.40. The molecule has 0 aromatic carbocycles. The Morgan fingerprint density at radius 2 is 1.92 bits per heavy atom. The summed E-state index contributed by atoms with van der Waals surface area (Å²) in [5.41, 5.74) is 0. The third-order valence-electron chi connectivity index (χ3n) is 1.97. The molecule has 12 heavy (non-hydrogen) atoms. The Morgan fingerprint density at radius 3 is 2.42 bits per heavy atom. The first-order chi connectivity index (χ1) is 5.66. The summed E-state index contributed by atoms with van der Waals surface area (Å²) in [6.45, 7) is 6.21. The lowest BCUT2D eigenvalue weighted by Crippen LogP contribution is -2.06. The van der Waals surface area contributed by atoms with E-state index in [9.17, 15) is 0 Å². The Kier molecular flexibility index (Phi) is 7.17. The highest BCUT2D eigenvalue weighted by atomic mass is 16.3. The summed E-state index contributed by atoms with van der Waals surface area (Å²) in [6, 6.07) is 0. The molecule has 0 amide bonds. The molecule has 2 atom stereocenters. The molecule has 1 heteroatoms. The van der Waals surface area contributed by atoms with Crippen molar-refractivity contribution in [3.63, 3.8) is 0 Å². The minimum Gasteiger partial charge on any atom is -0.393 e. The molecule has 2 unspecified atom stereocenters. The summed E-state index contributed by atoms with van der Waals surface area (Å²) in [5.74, 6) is 0.645. The molecule has 0 saturated carbocycles. The molecule has 0 spiro atoms. The van der Waals surface area contributed by atoms with Crippen molar-refractivity contribution in [3.8, 4) is 0 Å². The summed E-state index contributed by atoms with van der Waals surface area (Å²) in [5, 5.41) is 9.11. The standard InChI is InChI=1S/C11H22O/c1-4-5-6-7-8-10(2)9-11(3)12/h5-6,10-12H,4,7-9H2,1-3H3/b6-5+. The zero-order valence-corrected chi connectivity index (χ0v) is 8.59. The van der Waals surface area contributed by atoms with Gasteiger partial charge in [0.25, 0.3) is 0 Å². The third kappa shape index (κ3) is 7.80. The highest BCUT2D eigenvalue weighted by Gasteiger charge is 2.03. The fourth-order valence-electron chi connectivity index (χ4n) is 1.37. The maximum atomic E-state index is 9.11. The second kappa shape index (κ2) is 7.35. The third-order valence-corrected chi connectivity index (χ3v) is 1.97. The van der Waals surface area contributed by atoms with Crippen LogP contribution in [-0.4, -0.2) is 11.2 Å². The summed E-state index contributed by atoms with van der Waals surface area (Å²) in [7, 11) is 0. The van der Waals surface area contributed by atoms with E-state index in [2.05, 4.69) is 26.0 Å². The van der Waals surface area contributed by atoms with Gasteiger partial charge < -0.3 is 5.11 Å². The van der Waals surface area contributed by atoms with Crippen molar-refractivity contribution in [2.45, 2.75) is 52.6 Å². The van der Waals surface area contributed by atoms with E-state index in [-0.39, 0.29) is 6.10 Å². The number of aliphatic hydroxyl groups excluding tert-OH is 1. The van der Waals surface area contributed by atoms with Gasteiger partial charge in [-0.05, 0) is 38.5 Å². The largest absolute Gasteiger partial charge is 0.393 e. The summed E-state index contributed by atoms with van der Waals surface area (Å²) < 4.78 is 0. The van der Waals surface area contributed by atoms with Gasteiger partial charge >= 0.3 is 0 Å². The van der Waals surface area contributed by atoms with E-state index < -0.39 is 0 Å². The fraction of sp³-hybridized carbons (Fsp3) is 0.818. The molecule has 1 nitrogen and oxygen atoms in total. The molecule has 0 aliphatic rings. The van der Waals surface area contributed by atoms with Gasteiger partial charge in [0.1, 0.15) is 0 Å². The minimum atomic E-state index is -0.143. The normalized spacial score (nSPS) is 16.7. The molecule has 0 fully saturated rings. The molecule has 0 aliphatic carbocycles. The molecular weight excluding hydrogens is 148 g/mol. The van der Waals surface area contributed by atoms with Gasteiger partial charge in [-0.1, -0.05) is 26.0 Å². The summed E-state index contributed by atoms with van der Waals surface area (Å²) in [6.07, 6.45) is 8.71.